The van der Waals surface area contributed by atoms with Crippen molar-refractivity contribution in [1.29, 1.82) is 0 Å². The first kappa shape index (κ1) is 25.8. The van der Waals surface area contributed by atoms with Gasteiger partial charge in [-0.15, -0.1) is 0 Å². The Morgan fingerprint density at radius 2 is 1.90 bits per heavy atom. The van der Waals surface area contributed by atoms with Crippen LogP contribution in [0, 0.1) is 0 Å². The summed E-state index contributed by atoms with van der Waals surface area (Å²) in [6.07, 6.45) is 1.74. The third-order valence-electron chi connectivity index (χ3n) is 6.92. The number of benzene rings is 2. The topological polar surface area (TPSA) is 98.3 Å². The molecule has 1 atom stereocenters. The number of hydrogen-bond acceptors (Lipinski definition) is 8. The van der Waals surface area contributed by atoms with Gasteiger partial charge in [0.05, 0.1) is 42.2 Å². The number of aromatic nitrogens is 1. The molecular weight excluding hydrogens is 528 g/mol. The van der Waals surface area contributed by atoms with Gasteiger partial charge in [0.15, 0.2) is 10.7 Å². The molecule has 2 aromatic heterocycles. The lowest BCUT2D eigenvalue weighted by Gasteiger charge is -2.26. The molecule has 4 aromatic rings. The molecule has 0 saturated carbocycles. The van der Waals surface area contributed by atoms with Crippen LogP contribution < -0.4 is 29.8 Å². The minimum Gasteiger partial charge on any atom is -0.497 e. The lowest BCUT2D eigenvalue weighted by Crippen LogP contribution is -2.40. The van der Waals surface area contributed by atoms with E-state index < -0.39 is 6.04 Å². The molecule has 6 rings (SSSR count). The first-order valence-electron chi connectivity index (χ1n) is 13.0. The predicted molar refractivity (Wildman–Crippen MR) is 154 cm³/mol. The summed E-state index contributed by atoms with van der Waals surface area (Å²) in [5, 5.41) is 2.96. The van der Waals surface area contributed by atoms with Gasteiger partial charge in [-0.05, 0) is 42.8 Å². The summed E-state index contributed by atoms with van der Waals surface area (Å²) in [6, 6.07) is 19.7. The highest BCUT2D eigenvalue weighted by atomic mass is 32.1. The lowest BCUT2D eigenvalue weighted by atomic mass is 9.95. The van der Waals surface area contributed by atoms with E-state index in [4.69, 9.17) is 18.9 Å². The number of carbonyl (C=O) groups excluding carboxylic acids is 1. The number of allylic oxidation sites excluding steroid dienone is 1. The monoisotopic (exact) mass is 556 g/mol. The predicted octanol–water partition coefficient (Wildman–Crippen LogP) is 3.31. The molecule has 4 heterocycles. The highest BCUT2D eigenvalue weighted by Crippen LogP contribution is 2.32. The largest absolute Gasteiger partial charge is 0.497 e. The van der Waals surface area contributed by atoms with Gasteiger partial charge in [0, 0.05) is 30.9 Å². The van der Waals surface area contributed by atoms with Crippen LogP contribution in [0.1, 0.15) is 24.3 Å². The van der Waals surface area contributed by atoms with E-state index in [1.54, 1.807) is 24.7 Å². The number of hydrogen-bond donors (Lipinski definition) is 1. The van der Waals surface area contributed by atoms with Crippen molar-refractivity contribution in [2.24, 2.45) is 4.99 Å². The second kappa shape index (κ2) is 11.0. The van der Waals surface area contributed by atoms with Crippen molar-refractivity contribution in [2.75, 3.05) is 43.6 Å². The average Bonchev–Trinajstić information content (AvgIpc) is 3.57. The van der Waals surface area contributed by atoms with Gasteiger partial charge in [-0.2, -0.15) is 0 Å². The zero-order chi connectivity index (χ0) is 27.6. The molecule has 204 valence electrons. The number of para-hydroxylation sites is 1. The van der Waals surface area contributed by atoms with Crippen LogP contribution in [0.3, 0.4) is 0 Å². The van der Waals surface area contributed by atoms with Gasteiger partial charge in [0.1, 0.15) is 11.5 Å². The molecule has 1 fully saturated rings. The van der Waals surface area contributed by atoms with Gasteiger partial charge < -0.3 is 24.1 Å². The molecule has 0 unspecified atom stereocenters. The van der Waals surface area contributed by atoms with Crippen LogP contribution in [0.15, 0.2) is 92.2 Å². The normalized spacial score (nSPS) is 17.4. The van der Waals surface area contributed by atoms with Crippen LogP contribution in [0.4, 0.5) is 11.6 Å². The third-order valence-corrected chi connectivity index (χ3v) is 7.90. The molecule has 10 heteroatoms. The van der Waals surface area contributed by atoms with Crippen molar-refractivity contribution < 1.29 is 18.7 Å². The van der Waals surface area contributed by atoms with Crippen molar-refractivity contribution in [3.63, 3.8) is 0 Å². The molecule has 1 amide bonds. The standard InChI is InChI=1S/C30H28N4O5S/c1-19-26(28(35)32-21-8-4-3-5-9-21)27(20-7-6-10-22(17-20)37-2)34-29(36)24(40-30(34)31-19)18-23-11-12-25(39-23)33-13-15-38-16-14-33/h3-12,17-18,27H,13-16H2,1-2H3,(H,32,35)/b24-18-/t27-/m0/s1. The maximum Gasteiger partial charge on any atom is 0.271 e. The van der Waals surface area contributed by atoms with Crippen LogP contribution in [0.25, 0.3) is 6.08 Å². The molecule has 40 heavy (non-hydrogen) atoms. The van der Waals surface area contributed by atoms with Crippen molar-refractivity contribution in [3.05, 3.63) is 109 Å². The Balaban J connectivity index is 1.44. The van der Waals surface area contributed by atoms with Gasteiger partial charge in [-0.25, -0.2) is 4.99 Å². The molecule has 0 aliphatic carbocycles. The molecule has 1 saturated heterocycles. The summed E-state index contributed by atoms with van der Waals surface area (Å²) in [5.41, 5.74) is 2.08. The van der Waals surface area contributed by atoms with E-state index in [1.165, 1.54) is 11.3 Å². The van der Waals surface area contributed by atoms with Gasteiger partial charge >= 0.3 is 0 Å². The van der Waals surface area contributed by atoms with Crippen molar-refractivity contribution >= 4 is 34.9 Å². The number of morpholine rings is 1. The number of rotatable bonds is 6. The Kier molecular flexibility index (Phi) is 7.10. The molecule has 9 nitrogen and oxygen atoms in total. The maximum atomic E-state index is 13.9. The molecule has 2 aliphatic rings. The van der Waals surface area contributed by atoms with E-state index in [-0.39, 0.29) is 11.5 Å². The molecular formula is C30H28N4O5S. The van der Waals surface area contributed by atoms with Gasteiger partial charge in [0.25, 0.3) is 11.5 Å². The SMILES string of the molecule is COc1cccc([C@H]2C(C(=O)Nc3ccccc3)=C(C)N=c3s/c(=C\c4ccc(N5CCOCC5)o4)c(=O)n32)c1. The molecule has 2 aromatic carbocycles. The third kappa shape index (κ3) is 4.99. The number of nitrogens with zero attached hydrogens (tertiary/aromatic N) is 3. The first-order valence-corrected chi connectivity index (χ1v) is 13.8. The van der Waals surface area contributed by atoms with E-state index in [9.17, 15) is 9.59 Å². The lowest BCUT2D eigenvalue weighted by molar-refractivity contribution is -0.113. The zero-order valence-corrected chi connectivity index (χ0v) is 22.9. The quantitative estimate of drug-likeness (QED) is 0.391. The van der Waals surface area contributed by atoms with Crippen LogP contribution in [-0.2, 0) is 9.53 Å². The second-order valence-electron chi connectivity index (χ2n) is 9.45. The summed E-state index contributed by atoms with van der Waals surface area (Å²) < 4.78 is 19.0. The average molecular weight is 557 g/mol. The molecule has 1 N–H and O–H groups in total. The highest BCUT2D eigenvalue weighted by molar-refractivity contribution is 7.07. The number of nitrogens with one attached hydrogen (secondary N) is 1. The van der Waals surface area contributed by atoms with E-state index in [2.05, 4.69) is 10.2 Å². The fourth-order valence-electron chi connectivity index (χ4n) is 4.96. The Hall–Kier alpha value is -4.41. The van der Waals surface area contributed by atoms with E-state index in [0.717, 1.165) is 24.5 Å². The van der Waals surface area contributed by atoms with E-state index >= 15 is 0 Å². The summed E-state index contributed by atoms with van der Waals surface area (Å²) in [6.45, 7) is 4.60. The summed E-state index contributed by atoms with van der Waals surface area (Å²) in [7, 11) is 1.59. The minimum atomic E-state index is -0.697. The fraction of sp³-hybridized carbons (Fsp3) is 0.233. The number of ether oxygens (including phenoxy) is 2. The minimum absolute atomic E-state index is 0.251. The van der Waals surface area contributed by atoms with Crippen LogP contribution in [0.2, 0.25) is 0 Å². The van der Waals surface area contributed by atoms with E-state index in [0.29, 0.717) is 51.0 Å². The number of methoxy groups -OCH3 is 1. The van der Waals surface area contributed by atoms with Crippen molar-refractivity contribution in [2.45, 2.75) is 13.0 Å². The summed E-state index contributed by atoms with van der Waals surface area (Å²) >= 11 is 1.27. The zero-order valence-electron chi connectivity index (χ0n) is 22.1. The second-order valence-corrected chi connectivity index (χ2v) is 10.5. The van der Waals surface area contributed by atoms with Crippen molar-refractivity contribution in [1.82, 2.24) is 4.57 Å². The van der Waals surface area contributed by atoms with Crippen LogP contribution in [0.5, 0.6) is 5.75 Å². The smallest absolute Gasteiger partial charge is 0.271 e. The fourth-order valence-corrected chi connectivity index (χ4v) is 5.99. The van der Waals surface area contributed by atoms with Crippen molar-refractivity contribution in [3.8, 4) is 5.75 Å². The summed E-state index contributed by atoms with van der Waals surface area (Å²) in [4.78, 5) is 34.9. The number of thiazole rings is 1. The van der Waals surface area contributed by atoms with E-state index in [1.807, 2.05) is 66.7 Å². The van der Waals surface area contributed by atoms with Gasteiger partial charge in [0.2, 0.25) is 0 Å². The Morgan fingerprint density at radius 1 is 1.10 bits per heavy atom. The van der Waals surface area contributed by atoms with Gasteiger partial charge in [-0.1, -0.05) is 41.7 Å². The Labute approximate surface area is 234 Å². The molecule has 0 radical (unpaired) electrons. The number of amides is 1. The number of fused-ring (bicyclic) bond motifs is 1. The maximum absolute atomic E-state index is 13.9. The van der Waals surface area contributed by atoms with Crippen LogP contribution >= 0.6 is 11.3 Å². The van der Waals surface area contributed by atoms with Crippen LogP contribution in [-0.4, -0.2) is 43.9 Å². The Bertz CT molecular complexity index is 1760. The molecule has 2 aliphatic heterocycles. The number of carbonyl (C=O) groups is 1. The number of anilines is 2. The Morgan fingerprint density at radius 3 is 2.67 bits per heavy atom. The summed E-state index contributed by atoms with van der Waals surface area (Å²) in [5.74, 6) is 1.62. The number of furan rings is 1. The first-order chi connectivity index (χ1) is 19.5. The van der Waals surface area contributed by atoms with Gasteiger partial charge in [-0.3, -0.25) is 14.2 Å². The highest BCUT2D eigenvalue weighted by Gasteiger charge is 2.33. The molecule has 0 spiro atoms. The molecule has 0 bridgehead atoms.